The van der Waals surface area contributed by atoms with Crippen molar-refractivity contribution in [3.63, 3.8) is 0 Å². The average Bonchev–Trinajstić information content (AvgIpc) is 2.75. The van der Waals surface area contributed by atoms with Crippen LogP contribution < -0.4 is 25.2 Å². The maximum atomic E-state index is 12.6. The Bertz CT molecular complexity index is 1170. The Hall–Kier alpha value is -3.48. The SMILES string of the molecule is Cc1cc(=O)oc2cc(OCC(=O)NC(c3ccc4c(c3)OCCO4)C(C)C)ccc12. The number of benzene rings is 2. The number of carbonyl (C=O) groups excluding carboxylic acids is 1. The molecule has 0 fully saturated rings. The van der Waals surface area contributed by atoms with E-state index < -0.39 is 5.63 Å². The third kappa shape index (κ3) is 4.66. The molecule has 1 aliphatic heterocycles. The first kappa shape index (κ1) is 20.8. The van der Waals surface area contributed by atoms with E-state index in [1.165, 1.54) is 6.07 Å². The molecule has 0 spiro atoms. The molecule has 0 saturated heterocycles. The van der Waals surface area contributed by atoms with Gasteiger partial charge in [0, 0.05) is 17.5 Å². The fourth-order valence-corrected chi connectivity index (χ4v) is 3.65. The molecule has 1 amide bonds. The van der Waals surface area contributed by atoms with Gasteiger partial charge in [0.25, 0.3) is 5.91 Å². The second-order valence-electron chi connectivity index (χ2n) is 7.89. The van der Waals surface area contributed by atoms with Crippen molar-refractivity contribution in [2.75, 3.05) is 19.8 Å². The van der Waals surface area contributed by atoms with Crippen LogP contribution in [0.4, 0.5) is 0 Å². The minimum atomic E-state index is -0.418. The van der Waals surface area contributed by atoms with Crippen molar-refractivity contribution in [2.24, 2.45) is 5.92 Å². The van der Waals surface area contributed by atoms with Crippen LogP contribution in [0.3, 0.4) is 0 Å². The summed E-state index contributed by atoms with van der Waals surface area (Å²) in [5.74, 6) is 1.76. The Balaban J connectivity index is 1.44. The molecule has 162 valence electrons. The van der Waals surface area contributed by atoms with E-state index in [2.05, 4.69) is 5.32 Å². The summed E-state index contributed by atoms with van der Waals surface area (Å²) in [6.45, 7) is 6.80. The molecule has 2 aromatic carbocycles. The van der Waals surface area contributed by atoms with Gasteiger partial charge >= 0.3 is 5.63 Å². The van der Waals surface area contributed by atoms with Crippen molar-refractivity contribution in [1.82, 2.24) is 5.32 Å². The van der Waals surface area contributed by atoms with Gasteiger partial charge in [0.05, 0.1) is 6.04 Å². The second-order valence-corrected chi connectivity index (χ2v) is 7.89. The summed E-state index contributed by atoms with van der Waals surface area (Å²) in [7, 11) is 0. The molecule has 31 heavy (non-hydrogen) atoms. The summed E-state index contributed by atoms with van der Waals surface area (Å²) in [6, 6.07) is 12.1. The molecule has 3 aromatic rings. The monoisotopic (exact) mass is 423 g/mol. The Morgan fingerprint density at radius 2 is 1.84 bits per heavy atom. The van der Waals surface area contributed by atoms with Crippen LogP contribution in [-0.4, -0.2) is 25.7 Å². The Kier molecular flexibility index (Phi) is 5.84. The number of aryl methyl sites for hydroxylation is 1. The number of hydrogen-bond acceptors (Lipinski definition) is 6. The number of amides is 1. The number of ether oxygens (including phenoxy) is 3. The smallest absolute Gasteiger partial charge is 0.336 e. The minimum Gasteiger partial charge on any atom is -0.486 e. The first-order valence-corrected chi connectivity index (χ1v) is 10.3. The highest BCUT2D eigenvalue weighted by Gasteiger charge is 2.21. The van der Waals surface area contributed by atoms with Gasteiger partial charge in [-0.2, -0.15) is 0 Å². The largest absolute Gasteiger partial charge is 0.486 e. The van der Waals surface area contributed by atoms with Crippen LogP contribution >= 0.6 is 0 Å². The van der Waals surface area contributed by atoms with Gasteiger partial charge in [-0.3, -0.25) is 4.79 Å². The van der Waals surface area contributed by atoms with E-state index in [1.807, 2.05) is 45.0 Å². The van der Waals surface area contributed by atoms with Crippen molar-refractivity contribution in [3.05, 3.63) is 64.0 Å². The van der Waals surface area contributed by atoms with Crippen LogP contribution in [-0.2, 0) is 4.79 Å². The lowest BCUT2D eigenvalue weighted by Gasteiger charge is -2.25. The van der Waals surface area contributed by atoms with Crippen molar-refractivity contribution < 1.29 is 23.4 Å². The zero-order chi connectivity index (χ0) is 22.0. The van der Waals surface area contributed by atoms with Crippen molar-refractivity contribution in [3.8, 4) is 17.2 Å². The number of nitrogens with one attached hydrogen (secondary N) is 1. The van der Waals surface area contributed by atoms with Gasteiger partial charge in [0.2, 0.25) is 0 Å². The van der Waals surface area contributed by atoms with Gasteiger partial charge in [-0.25, -0.2) is 4.79 Å². The zero-order valence-electron chi connectivity index (χ0n) is 17.8. The molecule has 7 heteroatoms. The quantitative estimate of drug-likeness (QED) is 0.608. The predicted octanol–water partition coefficient (Wildman–Crippen LogP) is 3.76. The third-order valence-electron chi connectivity index (χ3n) is 5.20. The number of carbonyl (C=O) groups is 1. The molecule has 7 nitrogen and oxygen atoms in total. The van der Waals surface area contributed by atoms with E-state index in [0.717, 1.165) is 16.5 Å². The highest BCUT2D eigenvalue weighted by Crippen LogP contribution is 2.34. The molecule has 0 saturated carbocycles. The van der Waals surface area contributed by atoms with Gasteiger partial charge in [-0.15, -0.1) is 0 Å². The summed E-state index contributed by atoms with van der Waals surface area (Å²) in [4.78, 5) is 24.2. The molecular formula is C24H25NO6. The molecule has 0 aliphatic carbocycles. The number of rotatable bonds is 6. The lowest BCUT2D eigenvalue weighted by Crippen LogP contribution is -2.35. The van der Waals surface area contributed by atoms with E-state index in [1.54, 1.807) is 12.1 Å². The van der Waals surface area contributed by atoms with Crippen LogP contribution in [0.1, 0.15) is 31.0 Å². The second kappa shape index (κ2) is 8.71. The van der Waals surface area contributed by atoms with Crippen LogP contribution in [0, 0.1) is 12.8 Å². The maximum absolute atomic E-state index is 12.6. The van der Waals surface area contributed by atoms with E-state index in [9.17, 15) is 9.59 Å². The highest BCUT2D eigenvalue weighted by molar-refractivity contribution is 5.82. The van der Waals surface area contributed by atoms with E-state index in [0.29, 0.717) is 36.0 Å². The molecule has 0 bridgehead atoms. The molecule has 4 rings (SSSR count). The van der Waals surface area contributed by atoms with Crippen LogP contribution in [0.25, 0.3) is 11.0 Å². The molecule has 2 heterocycles. The minimum absolute atomic E-state index is 0.157. The lowest BCUT2D eigenvalue weighted by atomic mass is 9.95. The first-order chi connectivity index (χ1) is 14.9. The molecule has 0 radical (unpaired) electrons. The van der Waals surface area contributed by atoms with Gasteiger partial charge in [-0.1, -0.05) is 19.9 Å². The molecule has 1 N–H and O–H groups in total. The van der Waals surface area contributed by atoms with Gasteiger partial charge in [0.1, 0.15) is 24.5 Å². The summed E-state index contributed by atoms with van der Waals surface area (Å²) >= 11 is 0. The number of fused-ring (bicyclic) bond motifs is 2. The van der Waals surface area contributed by atoms with Gasteiger partial charge < -0.3 is 23.9 Å². The molecule has 1 atom stereocenters. The van der Waals surface area contributed by atoms with Crippen LogP contribution in [0.5, 0.6) is 17.2 Å². The summed E-state index contributed by atoms with van der Waals surface area (Å²) < 4.78 is 22.1. The Labute approximate surface area is 179 Å². The Morgan fingerprint density at radius 3 is 2.61 bits per heavy atom. The average molecular weight is 423 g/mol. The van der Waals surface area contributed by atoms with Crippen LogP contribution in [0.15, 0.2) is 51.7 Å². The summed E-state index contributed by atoms with van der Waals surface area (Å²) in [6.07, 6.45) is 0. The van der Waals surface area contributed by atoms with Crippen molar-refractivity contribution >= 4 is 16.9 Å². The summed E-state index contributed by atoms with van der Waals surface area (Å²) in [5, 5.41) is 3.86. The van der Waals surface area contributed by atoms with Gasteiger partial charge in [-0.05, 0) is 48.2 Å². The molecule has 1 unspecified atom stereocenters. The van der Waals surface area contributed by atoms with Crippen LogP contribution in [0.2, 0.25) is 0 Å². The van der Waals surface area contributed by atoms with E-state index in [4.69, 9.17) is 18.6 Å². The lowest BCUT2D eigenvalue weighted by molar-refractivity contribution is -0.124. The standard InChI is InChI=1S/C24H25NO6/c1-14(2)24(16-4-7-19-21(11-16)29-9-8-28-19)25-22(26)13-30-17-5-6-18-15(3)10-23(27)31-20(18)12-17/h4-7,10-12,14,24H,8-9,13H2,1-3H3,(H,25,26). The zero-order valence-corrected chi connectivity index (χ0v) is 17.8. The van der Waals surface area contributed by atoms with Crippen molar-refractivity contribution in [2.45, 2.75) is 26.8 Å². The highest BCUT2D eigenvalue weighted by atomic mass is 16.6. The summed E-state index contributed by atoms with van der Waals surface area (Å²) in [5.41, 5.74) is 1.78. The van der Waals surface area contributed by atoms with E-state index in [-0.39, 0.29) is 24.5 Å². The molecule has 1 aliphatic rings. The Morgan fingerprint density at radius 1 is 1.06 bits per heavy atom. The molecule has 1 aromatic heterocycles. The normalized spacial score (nSPS) is 13.8. The van der Waals surface area contributed by atoms with E-state index >= 15 is 0 Å². The predicted molar refractivity (Wildman–Crippen MR) is 116 cm³/mol. The topological polar surface area (TPSA) is 87.0 Å². The van der Waals surface area contributed by atoms with Gasteiger partial charge in [0.15, 0.2) is 18.1 Å². The fourth-order valence-electron chi connectivity index (χ4n) is 3.65. The maximum Gasteiger partial charge on any atom is 0.336 e. The third-order valence-corrected chi connectivity index (χ3v) is 5.20. The molecular weight excluding hydrogens is 398 g/mol. The van der Waals surface area contributed by atoms with Crippen molar-refractivity contribution in [1.29, 1.82) is 0 Å². The number of hydrogen-bond donors (Lipinski definition) is 1. The fraction of sp³-hybridized carbons (Fsp3) is 0.333. The first-order valence-electron chi connectivity index (χ1n) is 10.3.